The summed E-state index contributed by atoms with van der Waals surface area (Å²) in [5.41, 5.74) is 1.43. The highest BCUT2D eigenvalue weighted by Gasteiger charge is 2.66. The van der Waals surface area contributed by atoms with E-state index in [4.69, 9.17) is 37.3 Å². The summed E-state index contributed by atoms with van der Waals surface area (Å²) in [6.07, 6.45) is 9.71. The van der Waals surface area contributed by atoms with E-state index in [1.54, 1.807) is 20.8 Å². The second-order valence-electron chi connectivity index (χ2n) is 21.9. The lowest BCUT2D eigenvalue weighted by molar-refractivity contribution is -0.165. The van der Waals surface area contributed by atoms with Gasteiger partial charge in [-0.25, -0.2) is 33.6 Å². The fourth-order valence-corrected chi connectivity index (χ4v) is 13.0. The third-order valence-corrected chi connectivity index (χ3v) is 17.1. The Bertz CT molecular complexity index is 2400. The van der Waals surface area contributed by atoms with Gasteiger partial charge in [0.2, 0.25) is 6.10 Å². The third-order valence-electron chi connectivity index (χ3n) is 15.3. The molecule has 0 radical (unpaired) electrons. The lowest BCUT2D eigenvalue weighted by Crippen LogP contribution is -2.38. The fraction of sp³-hybridized carbons (Fsp3) is 0.673. The van der Waals surface area contributed by atoms with Crippen molar-refractivity contribution < 1.29 is 88.9 Å². The molecule has 11 atom stereocenters. The number of carbonyl (C=O) groups is 8. The second kappa shape index (κ2) is 25.0. The predicted molar refractivity (Wildman–Crippen MR) is 269 cm³/mol. The van der Waals surface area contributed by atoms with Crippen LogP contribution in [0.2, 0.25) is 0 Å². The number of hydrogen-bond donors (Lipinski definition) is 0. The molecule has 11 unspecified atom stereocenters. The maximum absolute atomic E-state index is 11.8. The van der Waals surface area contributed by atoms with E-state index in [1.807, 2.05) is 6.92 Å². The van der Waals surface area contributed by atoms with Crippen molar-refractivity contribution in [3.63, 3.8) is 0 Å². The van der Waals surface area contributed by atoms with Crippen LogP contribution in [0.1, 0.15) is 139 Å². The van der Waals surface area contributed by atoms with Crippen LogP contribution in [-0.2, 0) is 90.6 Å². The molecule has 9 aliphatic rings. The van der Waals surface area contributed by atoms with Crippen LogP contribution >= 0.6 is 0 Å². The Labute approximate surface area is 440 Å². The molecular formula is C55H76O19S. The van der Waals surface area contributed by atoms with Gasteiger partial charge in [-0.15, -0.1) is 0 Å². The average molecular weight is 1070 g/mol. The van der Waals surface area contributed by atoms with E-state index in [0.29, 0.717) is 54.4 Å². The summed E-state index contributed by atoms with van der Waals surface area (Å²) in [5, 5.41) is -0.455. The molecule has 3 heterocycles. The van der Waals surface area contributed by atoms with E-state index < -0.39 is 64.2 Å². The summed E-state index contributed by atoms with van der Waals surface area (Å²) in [4.78, 5) is 90.2. The van der Waals surface area contributed by atoms with E-state index in [1.165, 1.54) is 39.5 Å². The van der Waals surface area contributed by atoms with Crippen LogP contribution in [0.4, 0.5) is 0 Å². The normalized spacial score (nSPS) is 30.4. The van der Waals surface area contributed by atoms with E-state index in [2.05, 4.69) is 51.5 Å². The molecule has 20 heteroatoms. The molecule has 0 amide bonds. The smallest absolute Gasteiger partial charge is 0.347 e. The molecule has 0 N–H and O–H groups in total. The van der Waals surface area contributed by atoms with Crippen LogP contribution in [0.3, 0.4) is 0 Å². The Morgan fingerprint density at radius 1 is 0.627 bits per heavy atom. The van der Waals surface area contributed by atoms with Crippen LogP contribution in [0.25, 0.3) is 0 Å². The van der Waals surface area contributed by atoms with Gasteiger partial charge in [-0.3, -0.25) is 8.98 Å². The maximum atomic E-state index is 11.8. The zero-order valence-corrected chi connectivity index (χ0v) is 45.6. The summed E-state index contributed by atoms with van der Waals surface area (Å²) < 4.78 is 69.5. The summed E-state index contributed by atoms with van der Waals surface area (Å²) >= 11 is 0. The van der Waals surface area contributed by atoms with Gasteiger partial charge in [0, 0.05) is 58.0 Å². The lowest BCUT2D eigenvalue weighted by atomic mass is 9.88. The number of esters is 8. The molecular weight excluding hydrogens is 997 g/mol. The second-order valence-corrected chi connectivity index (χ2v) is 23.7. The highest BCUT2D eigenvalue weighted by molar-refractivity contribution is 7.87. The standard InChI is InChI=1S/C13H16O7S.C12H14O4.C12H20O2.C10H16O2.C8H10O4/c1-6(2)13(15)18-5-10(14)19-11-7-3-8-9(4-7)21(16,17)20-12(8)11;1-5(2)11(13)15-9-6-3-7-8(4-6)12(14)16-10(7)9;1-9(2)11(13)14-12(10(3)4)7-5-6-8-12;1-8(2)9(11)12-10(3)6-4-5-7-10;1-5(2)7(9)12-6-3-4-11-8(6)10/h7-9,11-12H,1,3-5H2,2H3;6-10H,1,3-4H2,2H3;10H,1,5-8H2,2-4H3;1,4-7H2,2-3H3;6H,1,3-4H2,2H3. The van der Waals surface area contributed by atoms with Gasteiger partial charge in [0.1, 0.15) is 35.6 Å². The molecule has 3 saturated heterocycles. The molecule has 4 bridgehead atoms. The minimum absolute atomic E-state index is 0.00284. The Morgan fingerprint density at radius 3 is 1.67 bits per heavy atom. The highest BCUT2D eigenvalue weighted by Crippen LogP contribution is 2.56. The first-order chi connectivity index (χ1) is 35.0. The van der Waals surface area contributed by atoms with E-state index in [0.717, 1.165) is 38.5 Å². The molecule has 9 fully saturated rings. The van der Waals surface area contributed by atoms with Crippen molar-refractivity contribution in [3.8, 4) is 0 Å². The minimum Gasteiger partial charge on any atom is -0.463 e. The number of cyclic esters (lactones) is 1. The van der Waals surface area contributed by atoms with Crippen molar-refractivity contribution in [2.75, 3.05) is 13.2 Å². The van der Waals surface area contributed by atoms with Crippen molar-refractivity contribution in [2.24, 2.45) is 35.5 Å². The van der Waals surface area contributed by atoms with Crippen molar-refractivity contribution >= 4 is 57.9 Å². The van der Waals surface area contributed by atoms with Crippen LogP contribution < -0.4 is 0 Å². The van der Waals surface area contributed by atoms with E-state index in [9.17, 15) is 46.8 Å². The summed E-state index contributed by atoms with van der Waals surface area (Å²) in [6.45, 7) is 31.6. The maximum Gasteiger partial charge on any atom is 0.347 e. The van der Waals surface area contributed by atoms with Crippen molar-refractivity contribution in [3.05, 3.63) is 60.8 Å². The molecule has 0 aromatic heterocycles. The van der Waals surface area contributed by atoms with Crippen LogP contribution in [0.5, 0.6) is 0 Å². The highest BCUT2D eigenvalue weighted by atomic mass is 32.2. The number of ether oxygens (including phenoxy) is 8. The molecule has 3 aliphatic heterocycles. The molecule has 0 spiro atoms. The molecule has 0 aromatic rings. The topological polar surface area (TPSA) is 254 Å². The predicted octanol–water partition coefficient (Wildman–Crippen LogP) is 7.14. The van der Waals surface area contributed by atoms with Gasteiger partial charge in [-0.2, -0.15) is 8.42 Å². The number of carbonyl (C=O) groups excluding carboxylic acids is 8. The molecule has 6 saturated carbocycles. The monoisotopic (exact) mass is 1070 g/mol. The molecule has 75 heavy (non-hydrogen) atoms. The van der Waals surface area contributed by atoms with E-state index in [-0.39, 0.29) is 82.1 Å². The first-order valence-electron chi connectivity index (χ1n) is 25.8. The molecule has 19 nitrogen and oxygen atoms in total. The van der Waals surface area contributed by atoms with Crippen molar-refractivity contribution in [1.29, 1.82) is 0 Å². The summed E-state index contributed by atoms with van der Waals surface area (Å²) in [5.74, 6) is -2.39. The lowest BCUT2D eigenvalue weighted by Gasteiger charge is -2.33. The number of hydrogen-bond acceptors (Lipinski definition) is 19. The van der Waals surface area contributed by atoms with Crippen molar-refractivity contribution in [1.82, 2.24) is 0 Å². The van der Waals surface area contributed by atoms with Crippen molar-refractivity contribution in [2.45, 2.75) is 186 Å². The summed E-state index contributed by atoms with van der Waals surface area (Å²) in [6, 6.07) is 0. The van der Waals surface area contributed by atoms with Crippen LogP contribution in [0, 0.1) is 35.5 Å². The zero-order chi connectivity index (χ0) is 55.9. The van der Waals surface area contributed by atoms with Crippen LogP contribution in [0.15, 0.2) is 60.8 Å². The summed E-state index contributed by atoms with van der Waals surface area (Å²) in [7, 11) is -3.53. The minimum atomic E-state index is -3.53. The van der Waals surface area contributed by atoms with Gasteiger partial charge in [0.05, 0.1) is 17.8 Å². The molecule has 9 rings (SSSR count). The Hall–Kier alpha value is -5.63. The Kier molecular flexibility index (Phi) is 20.1. The van der Waals surface area contributed by atoms with Gasteiger partial charge in [0.15, 0.2) is 6.61 Å². The third kappa shape index (κ3) is 14.9. The SMILES string of the molecule is C=C(C)C(=O)OC1(C(C)C)CCCC1.C=C(C)C(=O)OC1(C)CCCC1.C=C(C)C(=O)OC1C2CC3C(=O)OC1C3C2.C=C(C)C(=O)OC1CCOC1=O.C=C(C)C(=O)OCC(=O)OC1C2CC3C1OS(=O)(=O)C3C2. The molecule has 6 aliphatic carbocycles. The van der Waals surface area contributed by atoms with Gasteiger partial charge >= 0.3 is 47.8 Å². The van der Waals surface area contributed by atoms with Gasteiger partial charge in [-0.1, -0.05) is 46.7 Å². The average Bonchev–Trinajstić information content (AvgIpc) is 4.21. The van der Waals surface area contributed by atoms with Gasteiger partial charge < -0.3 is 37.9 Å². The first kappa shape index (κ1) is 60.2. The fourth-order valence-electron chi connectivity index (χ4n) is 11.2. The zero-order valence-electron chi connectivity index (χ0n) is 44.7. The number of fused-ring (bicyclic) bond motifs is 2. The Morgan fingerprint density at radius 2 is 1.13 bits per heavy atom. The largest absolute Gasteiger partial charge is 0.463 e. The van der Waals surface area contributed by atoms with Gasteiger partial charge in [-0.05, 0) is 125 Å². The van der Waals surface area contributed by atoms with Gasteiger partial charge in [0.25, 0.3) is 10.1 Å². The Balaban J connectivity index is 0.000000177. The number of rotatable bonds is 13. The molecule has 0 aromatic carbocycles. The van der Waals surface area contributed by atoms with E-state index >= 15 is 0 Å². The van der Waals surface area contributed by atoms with Crippen LogP contribution in [-0.4, -0.2) is 116 Å². The quantitative estimate of drug-likeness (QED) is 0.0768. The first-order valence-corrected chi connectivity index (χ1v) is 27.3. The molecule has 416 valence electrons.